The van der Waals surface area contributed by atoms with Gasteiger partial charge in [-0.05, 0) is 44.9 Å². The van der Waals surface area contributed by atoms with E-state index in [4.69, 9.17) is 0 Å². The SMILES string of the molecule is Cc1cccc(F)c1NC(=O)C1(C)CCCNC1. The third-order valence-electron chi connectivity index (χ3n) is 3.61. The molecule has 1 unspecified atom stereocenters. The van der Waals surface area contributed by atoms with Gasteiger partial charge in [-0.1, -0.05) is 12.1 Å². The van der Waals surface area contributed by atoms with Gasteiger partial charge in [-0.2, -0.15) is 0 Å². The maximum absolute atomic E-state index is 13.7. The Morgan fingerprint density at radius 3 is 2.89 bits per heavy atom. The van der Waals surface area contributed by atoms with Gasteiger partial charge in [0.1, 0.15) is 5.82 Å². The van der Waals surface area contributed by atoms with E-state index < -0.39 is 5.41 Å². The van der Waals surface area contributed by atoms with Gasteiger partial charge in [0.25, 0.3) is 0 Å². The number of rotatable bonds is 2. The van der Waals surface area contributed by atoms with E-state index in [1.165, 1.54) is 6.07 Å². The van der Waals surface area contributed by atoms with Crippen molar-refractivity contribution < 1.29 is 9.18 Å². The van der Waals surface area contributed by atoms with Crippen LogP contribution in [0.2, 0.25) is 0 Å². The molecule has 1 heterocycles. The summed E-state index contributed by atoms with van der Waals surface area (Å²) in [6.45, 7) is 5.30. The lowest BCUT2D eigenvalue weighted by atomic mass is 9.82. The summed E-state index contributed by atoms with van der Waals surface area (Å²) in [4.78, 5) is 12.3. The molecule has 1 aliphatic rings. The van der Waals surface area contributed by atoms with Gasteiger partial charge >= 0.3 is 0 Å². The minimum Gasteiger partial charge on any atom is -0.323 e. The zero-order chi connectivity index (χ0) is 13.2. The number of nitrogens with one attached hydrogen (secondary N) is 2. The minimum atomic E-state index is -0.451. The molecule has 3 nitrogen and oxygen atoms in total. The minimum absolute atomic E-state index is 0.108. The van der Waals surface area contributed by atoms with E-state index in [0.29, 0.717) is 12.2 Å². The van der Waals surface area contributed by atoms with Gasteiger partial charge in [-0.3, -0.25) is 4.79 Å². The predicted octanol–water partition coefficient (Wildman–Crippen LogP) is 2.46. The summed E-state index contributed by atoms with van der Waals surface area (Å²) in [6.07, 6.45) is 1.81. The van der Waals surface area contributed by atoms with Crippen LogP contribution in [0.1, 0.15) is 25.3 Å². The van der Waals surface area contributed by atoms with E-state index in [0.717, 1.165) is 24.9 Å². The van der Waals surface area contributed by atoms with Crippen molar-refractivity contribution in [1.29, 1.82) is 0 Å². The molecule has 4 heteroatoms. The molecule has 1 fully saturated rings. The van der Waals surface area contributed by atoms with Gasteiger partial charge in [0.2, 0.25) is 5.91 Å². The topological polar surface area (TPSA) is 41.1 Å². The number of amides is 1. The Morgan fingerprint density at radius 1 is 1.50 bits per heavy atom. The number of anilines is 1. The number of hydrogen-bond donors (Lipinski definition) is 2. The van der Waals surface area contributed by atoms with Gasteiger partial charge in [0.05, 0.1) is 11.1 Å². The molecule has 98 valence electrons. The van der Waals surface area contributed by atoms with Crippen LogP contribution in [-0.2, 0) is 4.79 Å². The molecule has 18 heavy (non-hydrogen) atoms. The van der Waals surface area contributed by atoms with Crippen molar-refractivity contribution in [2.24, 2.45) is 5.41 Å². The van der Waals surface area contributed by atoms with Crippen LogP contribution < -0.4 is 10.6 Å². The number of para-hydroxylation sites is 1. The maximum Gasteiger partial charge on any atom is 0.231 e. The van der Waals surface area contributed by atoms with Crippen molar-refractivity contribution in [3.05, 3.63) is 29.6 Å². The molecule has 0 spiro atoms. The highest BCUT2D eigenvalue weighted by atomic mass is 19.1. The number of aryl methyl sites for hydroxylation is 1. The van der Waals surface area contributed by atoms with Crippen molar-refractivity contribution in [3.63, 3.8) is 0 Å². The summed E-state index contributed by atoms with van der Waals surface area (Å²) >= 11 is 0. The van der Waals surface area contributed by atoms with E-state index in [1.807, 2.05) is 6.92 Å². The third kappa shape index (κ3) is 2.53. The number of piperidine rings is 1. The zero-order valence-corrected chi connectivity index (χ0v) is 10.8. The molecule has 1 saturated heterocycles. The molecule has 1 aromatic rings. The Morgan fingerprint density at radius 2 is 2.28 bits per heavy atom. The Labute approximate surface area is 107 Å². The van der Waals surface area contributed by atoms with Crippen molar-refractivity contribution in [1.82, 2.24) is 5.32 Å². The van der Waals surface area contributed by atoms with Gasteiger partial charge in [-0.25, -0.2) is 4.39 Å². The van der Waals surface area contributed by atoms with Crippen molar-refractivity contribution in [3.8, 4) is 0 Å². The van der Waals surface area contributed by atoms with Gasteiger partial charge in [0, 0.05) is 6.54 Å². The normalized spacial score (nSPS) is 23.7. The van der Waals surface area contributed by atoms with Crippen molar-refractivity contribution in [2.75, 3.05) is 18.4 Å². The summed E-state index contributed by atoms with van der Waals surface area (Å²) in [5.41, 5.74) is 0.595. The Hall–Kier alpha value is -1.42. The largest absolute Gasteiger partial charge is 0.323 e. The standard InChI is InChI=1S/C14H19FN2O/c1-10-5-3-6-11(15)12(10)17-13(18)14(2)7-4-8-16-9-14/h3,5-6,16H,4,7-9H2,1-2H3,(H,17,18). The molecule has 2 N–H and O–H groups in total. The first-order valence-corrected chi connectivity index (χ1v) is 6.30. The van der Waals surface area contributed by atoms with Gasteiger partial charge in [-0.15, -0.1) is 0 Å². The lowest BCUT2D eigenvalue weighted by molar-refractivity contribution is -0.125. The number of carbonyl (C=O) groups is 1. The molecule has 0 saturated carbocycles. The number of benzene rings is 1. The Kier molecular flexibility index (Phi) is 3.66. The van der Waals surface area contributed by atoms with Crippen LogP contribution in [0.4, 0.5) is 10.1 Å². The molecular weight excluding hydrogens is 231 g/mol. The molecule has 0 bridgehead atoms. The highest BCUT2D eigenvalue weighted by Crippen LogP contribution is 2.28. The molecule has 0 radical (unpaired) electrons. The van der Waals surface area contributed by atoms with Gasteiger partial charge in [0.15, 0.2) is 0 Å². The number of halogens is 1. The van der Waals surface area contributed by atoms with E-state index >= 15 is 0 Å². The van der Waals surface area contributed by atoms with Crippen LogP contribution in [-0.4, -0.2) is 19.0 Å². The monoisotopic (exact) mass is 250 g/mol. The molecule has 0 aliphatic carbocycles. The Bertz CT molecular complexity index is 433. The fourth-order valence-electron chi connectivity index (χ4n) is 2.30. The lowest BCUT2D eigenvalue weighted by Gasteiger charge is -2.32. The first-order chi connectivity index (χ1) is 8.53. The zero-order valence-electron chi connectivity index (χ0n) is 10.8. The fourth-order valence-corrected chi connectivity index (χ4v) is 2.30. The van der Waals surface area contributed by atoms with Crippen LogP contribution in [0.5, 0.6) is 0 Å². The van der Waals surface area contributed by atoms with Crippen molar-refractivity contribution >= 4 is 11.6 Å². The summed E-state index contributed by atoms with van der Waals surface area (Å²) in [6, 6.07) is 4.80. The van der Waals surface area contributed by atoms with E-state index in [2.05, 4.69) is 10.6 Å². The first kappa shape index (κ1) is 13.0. The molecule has 1 aromatic carbocycles. The Balaban J connectivity index is 2.16. The third-order valence-corrected chi connectivity index (χ3v) is 3.61. The van der Waals surface area contributed by atoms with E-state index in [1.54, 1.807) is 19.1 Å². The number of hydrogen-bond acceptors (Lipinski definition) is 2. The summed E-state index contributed by atoms with van der Waals surface area (Å²) in [7, 11) is 0. The highest BCUT2D eigenvalue weighted by molar-refractivity contribution is 5.96. The maximum atomic E-state index is 13.7. The van der Waals surface area contributed by atoms with Crippen LogP contribution >= 0.6 is 0 Å². The smallest absolute Gasteiger partial charge is 0.231 e. The molecule has 2 rings (SSSR count). The second-order valence-electron chi connectivity index (χ2n) is 5.23. The van der Waals surface area contributed by atoms with Crippen LogP contribution in [0.3, 0.4) is 0 Å². The summed E-state index contributed by atoms with van der Waals surface area (Å²) in [5.74, 6) is -0.487. The lowest BCUT2D eigenvalue weighted by Crippen LogP contribution is -2.46. The second kappa shape index (κ2) is 5.06. The second-order valence-corrected chi connectivity index (χ2v) is 5.23. The first-order valence-electron chi connectivity index (χ1n) is 6.30. The van der Waals surface area contributed by atoms with Gasteiger partial charge < -0.3 is 10.6 Å². The highest BCUT2D eigenvalue weighted by Gasteiger charge is 2.35. The quantitative estimate of drug-likeness (QED) is 0.846. The summed E-state index contributed by atoms with van der Waals surface area (Å²) in [5, 5.41) is 5.95. The fraction of sp³-hybridized carbons (Fsp3) is 0.500. The van der Waals surface area contributed by atoms with Crippen LogP contribution in [0, 0.1) is 18.2 Å². The molecule has 1 atom stereocenters. The number of carbonyl (C=O) groups excluding carboxylic acids is 1. The van der Waals surface area contributed by atoms with E-state index in [9.17, 15) is 9.18 Å². The van der Waals surface area contributed by atoms with Crippen molar-refractivity contribution in [2.45, 2.75) is 26.7 Å². The molecular formula is C14H19FN2O. The predicted molar refractivity (Wildman–Crippen MR) is 70.0 cm³/mol. The van der Waals surface area contributed by atoms with Crippen LogP contribution in [0.15, 0.2) is 18.2 Å². The van der Waals surface area contributed by atoms with Crippen LogP contribution in [0.25, 0.3) is 0 Å². The van der Waals surface area contributed by atoms with E-state index in [-0.39, 0.29) is 11.7 Å². The molecule has 1 amide bonds. The average Bonchev–Trinajstić information content (AvgIpc) is 2.34. The average molecular weight is 250 g/mol. The summed E-state index contributed by atoms with van der Waals surface area (Å²) < 4.78 is 13.7. The molecule has 0 aromatic heterocycles. The molecule has 1 aliphatic heterocycles.